The Balaban J connectivity index is 1.42. The number of hydrogen-bond donors (Lipinski definition) is 3. The molecule has 0 spiro atoms. The van der Waals surface area contributed by atoms with E-state index in [1.807, 2.05) is 19.1 Å². The first-order chi connectivity index (χ1) is 20.5. The Bertz CT molecular complexity index is 1430. The number of hydrogen-bond acceptors (Lipinski definition) is 10. The van der Waals surface area contributed by atoms with Gasteiger partial charge in [-0.3, -0.25) is 19.4 Å². The van der Waals surface area contributed by atoms with E-state index in [0.29, 0.717) is 29.7 Å². The summed E-state index contributed by atoms with van der Waals surface area (Å²) in [5.74, 6) is 0.977. The Labute approximate surface area is 244 Å². The summed E-state index contributed by atoms with van der Waals surface area (Å²) in [5, 5.41) is 6.63. The van der Waals surface area contributed by atoms with Gasteiger partial charge in [-0.15, -0.1) is 0 Å². The molecule has 0 bridgehead atoms. The van der Waals surface area contributed by atoms with E-state index in [-0.39, 0.29) is 30.5 Å². The molecule has 13 nitrogen and oxygen atoms in total. The van der Waals surface area contributed by atoms with Gasteiger partial charge in [0.2, 0.25) is 5.95 Å². The van der Waals surface area contributed by atoms with Gasteiger partial charge in [0, 0.05) is 61.9 Å². The molecule has 0 saturated carbocycles. The number of nitrogens with zero attached hydrogens (tertiary/aromatic N) is 5. The zero-order valence-electron chi connectivity index (χ0n) is 24.3. The number of ether oxygens (including phenoxy) is 2. The Morgan fingerprint density at radius 3 is 2.50 bits per heavy atom. The number of fused-ring (bicyclic) bond motifs is 1. The van der Waals surface area contributed by atoms with Gasteiger partial charge in [0.05, 0.1) is 38.6 Å². The molecule has 2 aliphatic rings. The zero-order chi connectivity index (χ0) is 29.6. The molecule has 5 rings (SSSR count). The van der Waals surface area contributed by atoms with Crippen LogP contribution < -0.4 is 40.3 Å². The van der Waals surface area contributed by atoms with Crippen molar-refractivity contribution in [2.24, 2.45) is 0 Å². The third kappa shape index (κ3) is 5.87. The van der Waals surface area contributed by atoms with Crippen LogP contribution in [0.2, 0.25) is 0 Å². The smallest absolute Gasteiger partial charge is 0.330 e. The molecule has 1 aromatic heterocycles. The van der Waals surface area contributed by atoms with Crippen molar-refractivity contribution in [3.8, 4) is 11.5 Å². The van der Waals surface area contributed by atoms with Crippen LogP contribution in [-0.2, 0) is 11.4 Å². The number of hydroxylamine groups is 1. The minimum atomic E-state index is -0.522. The fraction of sp³-hybridized carbons (Fsp3) is 0.379. The molecular weight excluding hydrogens is 540 g/mol. The number of aromatic nitrogens is 2. The molecule has 42 heavy (non-hydrogen) atoms. The summed E-state index contributed by atoms with van der Waals surface area (Å²) in [5.41, 5.74) is 5.67. The molecule has 0 radical (unpaired) electrons. The van der Waals surface area contributed by atoms with Crippen molar-refractivity contribution in [2.45, 2.75) is 20.4 Å². The molecule has 0 aliphatic carbocycles. The van der Waals surface area contributed by atoms with Crippen LogP contribution >= 0.6 is 0 Å². The summed E-state index contributed by atoms with van der Waals surface area (Å²) in [7, 11) is 2.93. The number of nitrogens with one attached hydrogen (secondary N) is 3. The molecule has 3 aromatic rings. The highest BCUT2D eigenvalue weighted by Crippen LogP contribution is 2.40. The minimum Gasteiger partial charge on any atom is -0.497 e. The largest absolute Gasteiger partial charge is 0.497 e. The van der Waals surface area contributed by atoms with Crippen LogP contribution in [0, 0.1) is 0 Å². The Hall–Kier alpha value is -4.62. The SMILES string of the molecule is CCONC(=O)c1cc(OC)cc(N2Cc3cnc(Nc4ccc(N5CCNCC5)cc4)nc3N(CC)C2=O)c1OC. The number of amides is 3. The van der Waals surface area contributed by atoms with Gasteiger partial charge in [-0.05, 0) is 44.2 Å². The first-order valence-electron chi connectivity index (χ1n) is 13.9. The fourth-order valence-electron chi connectivity index (χ4n) is 5.04. The van der Waals surface area contributed by atoms with Gasteiger partial charge in [0.1, 0.15) is 11.6 Å². The van der Waals surface area contributed by atoms with Crippen molar-refractivity contribution < 1.29 is 23.9 Å². The fourth-order valence-corrected chi connectivity index (χ4v) is 5.04. The third-order valence-corrected chi connectivity index (χ3v) is 7.14. The summed E-state index contributed by atoms with van der Waals surface area (Å²) >= 11 is 0. The predicted octanol–water partition coefficient (Wildman–Crippen LogP) is 3.29. The van der Waals surface area contributed by atoms with Crippen molar-refractivity contribution in [1.82, 2.24) is 20.8 Å². The van der Waals surface area contributed by atoms with Crippen LogP contribution in [0.4, 0.5) is 33.6 Å². The van der Waals surface area contributed by atoms with E-state index in [2.05, 4.69) is 38.1 Å². The van der Waals surface area contributed by atoms with E-state index in [9.17, 15) is 9.59 Å². The molecule has 2 aliphatic heterocycles. The van der Waals surface area contributed by atoms with Gasteiger partial charge in [-0.25, -0.2) is 15.3 Å². The van der Waals surface area contributed by atoms with Gasteiger partial charge in [-0.2, -0.15) is 4.98 Å². The molecule has 0 atom stereocenters. The van der Waals surface area contributed by atoms with Gasteiger partial charge in [0.25, 0.3) is 5.91 Å². The highest BCUT2D eigenvalue weighted by atomic mass is 16.6. The highest BCUT2D eigenvalue weighted by Gasteiger charge is 2.35. The Morgan fingerprint density at radius 1 is 1.07 bits per heavy atom. The Kier molecular flexibility index (Phi) is 8.88. The van der Waals surface area contributed by atoms with Crippen LogP contribution in [0.15, 0.2) is 42.6 Å². The first-order valence-corrected chi connectivity index (χ1v) is 13.9. The van der Waals surface area contributed by atoms with Crippen molar-refractivity contribution in [1.29, 1.82) is 0 Å². The summed E-state index contributed by atoms with van der Waals surface area (Å²) in [6, 6.07) is 11.0. The lowest BCUT2D eigenvalue weighted by atomic mass is 10.1. The van der Waals surface area contributed by atoms with Crippen LogP contribution in [0.3, 0.4) is 0 Å². The molecule has 13 heteroatoms. The number of benzene rings is 2. The van der Waals surface area contributed by atoms with Crippen LogP contribution in [0.5, 0.6) is 11.5 Å². The lowest BCUT2D eigenvalue weighted by Crippen LogP contribution is -2.48. The van der Waals surface area contributed by atoms with E-state index >= 15 is 0 Å². The molecule has 1 fully saturated rings. The average molecular weight is 577 g/mol. The molecule has 2 aromatic carbocycles. The number of urea groups is 1. The standard InChI is InChI=1S/C29H36N8O5/c1-5-36-26-19(17-31-28(33-26)32-20-7-9-21(10-8-20)35-13-11-30-12-14-35)18-37(29(36)39)24-16-22(40-3)15-23(25(24)41-4)27(38)34-42-6-2/h7-10,15-17,30H,5-6,11-14,18H2,1-4H3,(H,34,38)(H,31,32,33). The topological polar surface area (TPSA) is 133 Å². The Morgan fingerprint density at radius 2 is 1.83 bits per heavy atom. The van der Waals surface area contributed by atoms with E-state index in [1.165, 1.54) is 30.9 Å². The van der Waals surface area contributed by atoms with Crippen molar-refractivity contribution in [3.63, 3.8) is 0 Å². The number of rotatable bonds is 10. The zero-order valence-corrected chi connectivity index (χ0v) is 24.3. The summed E-state index contributed by atoms with van der Waals surface area (Å²) in [4.78, 5) is 46.5. The normalized spacial score (nSPS) is 14.9. The number of methoxy groups -OCH3 is 2. The van der Waals surface area contributed by atoms with Crippen molar-refractivity contribution >= 4 is 40.8 Å². The van der Waals surface area contributed by atoms with E-state index in [4.69, 9.17) is 19.3 Å². The van der Waals surface area contributed by atoms with Gasteiger partial charge >= 0.3 is 6.03 Å². The average Bonchev–Trinajstić information content (AvgIpc) is 3.03. The third-order valence-electron chi connectivity index (χ3n) is 7.14. The minimum absolute atomic E-state index is 0.167. The highest BCUT2D eigenvalue weighted by molar-refractivity contribution is 6.08. The molecule has 3 amide bonds. The molecule has 3 heterocycles. The number of piperazine rings is 1. The van der Waals surface area contributed by atoms with E-state index < -0.39 is 5.91 Å². The van der Waals surface area contributed by atoms with Crippen LogP contribution in [0.25, 0.3) is 0 Å². The molecule has 1 saturated heterocycles. The number of anilines is 5. The maximum atomic E-state index is 13.8. The molecular formula is C29H36N8O5. The van der Waals surface area contributed by atoms with Gasteiger partial charge in [0.15, 0.2) is 5.75 Å². The van der Waals surface area contributed by atoms with E-state index in [0.717, 1.165) is 37.4 Å². The number of carbonyl (C=O) groups excluding carboxylic acids is 2. The quantitative estimate of drug-likeness (QED) is 0.309. The van der Waals surface area contributed by atoms with Gasteiger partial charge in [-0.1, -0.05) is 0 Å². The second kappa shape index (κ2) is 12.9. The summed E-state index contributed by atoms with van der Waals surface area (Å²) < 4.78 is 11.1. The first kappa shape index (κ1) is 28.9. The van der Waals surface area contributed by atoms with Gasteiger partial charge < -0.3 is 25.0 Å². The maximum absolute atomic E-state index is 13.8. The van der Waals surface area contributed by atoms with E-state index in [1.54, 1.807) is 24.1 Å². The summed E-state index contributed by atoms with van der Waals surface area (Å²) in [6.07, 6.45) is 1.71. The lowest BCUT2D eigenvalue weighted by molar-refractivity contribution is 0.0362. The molecule has 3 N–H and O–H groups in total. The summed E-state index contributed by atoms with van der Waals surface area (Å²) in [6.45, 7) is 8.34. The monoisotopic (exact) mass is 576 g/mol. The predicted molar refractivity (Wildman–Crippen MR) is 160 cm³/mol. The van der Waals surface area contributed by atoms with Crippen LogP contribution in [0.1, 0.15) is 29.8 Å². The van der Waals surface area contributed by atoms with Crippen LogP contribution in [-0.4, -0.2) is 75.5 Å². The second-order valence-electron chi connectivity index (χ2n) is 9.66. The molecule has 222 valence electrons. The molecule has 0 unspecified atom stereocenters. The second-order valence-corrected chi connectivity index (χ2v) is 9.66. The maximum Gasteiger partial charge on any atom is 0.330 e. The van der Waals surface area contributed by atoms with Crippen molar-refractivity contribution in [2.75, 3.05) is 73.6 Å². The number of carbonyl (C=O) groups is 2. The van der Waals surface area contributed by atoms with Crippen molar-refractivity contribution in [3.05, 3.63) is 53.7 Å². The lowest BCUT2D eigenvalue weighted by Gasteiger charge is -2.36.